The normalized spacial score (nSPS) is 13.8. The van der Waals surface area contributed by atoms with Gasteiger partial charge in [-0.25, -0.2) is 9.67 Å². The first-order valence-corrected chi connectivity index (χ1v) is 9.72. The molecule has 1 aromatic carbocycles. The summed E-state index contributed by atoms with van der Waals surface area (Å²) in [6, 6.07) is 12.5. The van der Waals surface area contributed by atoms with Gasteiger partial charge < -0.3 is 10.2 Å². The third-order valence-electron chi connectivity index (χ3n) is 4.78. The van der Waals surface area contributed by atoms with Crippen LogP contribution in [-0.4, -0.2) is 33.1 Å². The number of amides is 2. The van der Waals surface area contributed by atoms with Crippen LogP contribution in [0.4, 0.5) is 11.4 Å². The molecule has 0 radical (unpaired) electrons. The zero-order valence-electron chi connectivity index (χ0n) is 16.1. The monoisotopic (exact) mass is 409 g/mol. The molecule has 1 aliphatic heterocycles. The van der Waals surface area contributed by atoms with E-state index in [0.29, 0.717) is 17.9 Å². The number of hydrogen-bond donors (Lipinski definition) is 1. The van der Waals surface area contributed by atoms with Gasteiger partial charge in [-0.2, -0.15) is 5.10 Å². The lowest BCUT2D eigenvalue weighted by atomic mass is 10.2. The summed E-state index contributed by atoms with van der Waals surface area (Å²) < 4.78 is 1.67. The molecule has 1 aliphatic rings. The quantitative estimate of drug-likeness (QED) is 0.708. The Morgan fingerprint density at radius 1 is 1.14 bits per heavy atom. The summed E-state index contributed by atoms with van der Waals surface area (Å²) in [5.41, 5.74) is 3.32. The van der Waals surface area contributed by atoms with Crippen molar-refractivity contribution in [2.75, 3.05) is 16.8 Å². The van der Waals surface area contributed by atoms with Crippen LogP contribution < -0.4 is 10.2 Å². The topological polar surface area (TPSA) is 80.1 Å². The number of nitrogens with one attached hydrogen (secondary N) is 1. The first kappa shape index (κ1) is 19.1. The van der Waals surface area contributed by atoms with E-state index in [9.17, 15) is 9.59 Å². The number of anilines is 2. The highest BCUT2D eigenvalue weighted by Crippen LogP contribution is 2.24. The third-order valence-corrected chi connectivity index (χ3v) is 5.09. The van der Waals surface area contributed by atoms with Gasteiger partial charge in [-0.05, 0) is 62.7 Å². The summed E-state index contributed by atoms with van der Waals surface area (Å²) in [7, 11) is 0. The van der Waals surface area contributed by atoms with Crippen molar-refractivity contribution in [1.29, 1.82) is 0 Å². The fourth-order valence-electron chi connectivity index (χ4n) is 3.41. The number of halogens is 1. The van der Waals surface area contributed by atoms with Crippen LogP contribution in [0.25, 0.3) is 5.82 Å². The SMILES string of the molecule is Cc1cc(C)n(-c2ccc(Cl)c(C(=O)Nc3ccc(N4CCCC4=O)cc3)n2)n1. The van der Waals surface area contributed by atoms with Crippen molar-refractivity contribution in [3.8, 4) is 5.82 Å². The van der Waals surface area contributed by atoms with Crippen molar-refractivity contribution >= 4 is 34.8 Å². The van der Waals surface area contributed by atoms with Crippen LogP contribution >= 0.6 is 11.6 Å². The van der Waals surface area contributed by atoms with E-state index >= 15 is 0 Å². The lowest BCUT2D eigenvalue weighted by molar-refractivity contribution is -0.117. The van der Waals surface area contributed by atoms with Crippen molar-refractivity contribution in [2.45, 2.75) is 26.7 Å². The van der Waals surface area contributed by atoms with Gasteiger partial charge in [-0.1, -0.05) is 11.6 Å². The van der Waals surface area contributed by atoms with Crippen molar-refractivity contribution < 1.29 is 9.59 Å². The molecule has 148 valence electrons. The van der Waals surface area contributed by atoms with Crippen LogP contribution in [0.1, 0.15) is 34.7 Å². The minimum atomic E-state index is -0.414. The predicted molar refractivity (Wildman–Crippen MR) is 112 cm³/mol. The molecule has 0 aliphatic carbocycles. The lowest BCUT2D eigenvalue weighted by Gasteiger charge is -2.16. The van der Waals surface area contributed by atoms with E-state index in [2.05, 4.69) is 15.4 Å². The minimum absolute atomic E-state index is 0.121. The van der Waals surface area contributed by atoms with Crippen LogP contribution in [0.15, 0.2) is 42.5 Å². The van der Waals surface area contributed by atoms with Crippen molar-refractivity contribution in [3.05, 3.63) is 64.6 Å². The minimum Gasteiger partial charge on any atom is -0.321 e. The summed E-state index contributed by atoms with van der Waals surface area (Å²) in [6.07, 6.45) is 1.45. The number of hydrogen-bond acceptors (Lipinski definition) is 4. The second kappa shape index (κ2) is 7.67. The Bertz CT molecular complexity index is 1090. The Morgan fingerprint density at radius 3 is 2.52 bits per heavy atom. The molecule has 0 saturated carbocycles. The zero-order chi connectivity index (χ0) is 20.5. The standard InChI is InChI=1S/C21H20ClN5O2/c1-13-12-14(2)27(25-13)18-10-9-17(22)20(24-18)21(29)23-15-5-7-16(8-6-15)26-11-3-4-19(26)28/h5-10,12H,3-4,11H2,1-2H3,(H,23,29). The number of carbonyl (C=O) groups excluding carboxylic acids is 2. The van der Waals surface area contributed by atoms with Gasteiger partial charge >= 0.3 is 0 Å². The zero-order valence-corrected chi connectivity index (χ0v) is 16.9. The smallest absolute Gasteiger partial charge is 0.275 e. The van der Waals surface area contributed by atoms with Gasteiger partial charge in [0.05, 0.1) is 10.7 Å². The largest absolute Gasteiger partial charge is 0.321 e. The van der Waals surface area contributed by atoms with Crippen LogP contribution in [0.3, 0.4) is 0 Å². The molecule has 8 heteroatoms. The van der Waals surface area contributed by atoms with Crippen LogP contribution in [0.5, 0.6) is 0 Å². The second-order valence-corrected chi connectivity index (χ2v) is 7.40. The van der Waals surface area contributed by atoms with Crippen LogP contribution in [0, 0.1) is 13.8 Å². The van der Waals surface area contributed by atoms with E-state index < -0.39 is 5.91 Å². The van der Waals surface area contributed by atoms with Gasteiger partial charge in [0, 0.05) is 30.0 Å². The number of nitrogens with zero attached hydrogens (tertiary/aromatic N) is 4. The third kappa shape index (κ3) is 3.86. The maximum Gasteiger partial charge on any atom is 0.275 e. The molecule has 1 fully saturated rings. The maximum atomic E-state index is 12.7. The lowest BCUT2D eigenvalue weighted by Crippen LogP contribution is -2.23. The average Bonchev–Trinajstić information content (AvgIpc) is 3.27. The van der Waals surface area contributed by atoms with Crippen LogP contribution in [-0.2, 0) is 4.79 Å². The first-order valence-electron chi connectivity index (χ1n) is 9.34. The number of rotatable bonds is 4. The first-order chi connectivity index (χ1) is 13.9. The summed E-state index contributed by atoms with van der Waals surface area (Å²) >= 11 is 6.22. The van der Waals surface area contributed by atoms with Gasteiger partial charge in [0.2, 0.25) is 5.91 Å². The number of aryl methyl sites for hydroxylation is 2. The van der Waals surface area contributed by atoms with E-state index in [4.69, 9.17) is 11.6 Å². The fraction of sp³-hybridized carbons (Fsp3) is 0.238. The number of aromatic nitrogens is 3. The molecule has 29 heavy (non-hydrogen) atoms. The predicted octanol–water partition coefficient (Wildman–Crippen LogP) is 3.92. The van der Waals surface area contributed by atoms with Crippen LogP contribution in [0.2, 0.25) is 5.02 Å². The van der Waals surface area contributed by atoms with E-state index in [0.717, 1.165) is 30.0 Å². The molecule has 3 heterocycles. The molecule has 0 bridgehead atoms. The molecule has 0 spiro atoms. The van der Waals surface area contributed by atoms with Gasteiger partial charge in [-0.3, -0.25) is 9.59 Å². The van der Waals surface area contributed by atoms with E-state index in [1.165, 1.54) is 0 Å². The van der Waals surface area contributed by atoms with Gasteiger partial charge in [-0.15, -0.1) is 0 Å². The van der Waals surface area contributed by atoms with Crippen molar-refractivity contribution in [3.63, 3.8) is 0 Å². The molecular weight excluding hydrogens is 390 g/mol. The molecule has 0 atom stereocenters. The second-order valence-electron chi connectivity index (χ2n) is 6.99. The summed E-state index contributed by atoms with van der Waals surface area (Å²) in [5, 5.41) is 7.46. The Hall–Kier alpha value is -3.19. The highest BCUT2D eigenvalue weighted by Gasteiger charge is 2.21. The number of benzene rings is 1. The molecule has 2 amide bonds. The Kier molecular flexibility index (Phi) is 5.07. The molecule has 0 unspecified atom stereocenters. The summed E-state index contributed by atoms with van der Waals surface area (Å²) in [6.45, 7) is 4.54. The Balaban J connectivity index is 1.54. The van der Waals surface area contributed by atoms with E-state index in [1.54, 1.807) is 33.8 Å². The summed E-state index contributed by atoms with van der Waals surface area (Å²) in [4.78, 5) is 30.8. The molecule has 2 aromatic heterocycles. The number of pyridine rings is 1. The van der Waals surface area contributed by atoms with E-state index in [-0.39, 0.29) is 16.6 Å². The van der Waals surface area contributed by atoms with Gasteiger partial charge in [0.15, 0.2) is 5.82 Å². The Morgan fingerprint density at radius 2 is 1.90 bits per heavy atom. The average molecular weight is 410 g/mol. The molecule has 3 aromatic rings. The highest BCUT2D eigenvalue weighted by atomic mass is 35.5. The molecule has 1 N–H and O–H groups in total. The van der Waals surface area contributed by atoms with Crippen molar-refractivity contribution in [1.82, 2.24) is 14.8 Å². The molecular formula is C21H20ClN5O2. The molecule has 7 nitrogen and oxygen atoms in total. The fourth-order valence-corrected chi connectivity index (χ4v) is 3.60. The molecule has 4 rings (SSSR count). The Labute approximate surface area is 173 Å². The molecule has 1 saturated heterocycles. The summed E-state index contributed by atoms with van der Waals surface area (Å²) in [5.74, 6) is 0.232. The highest BCUT2D eigenvalue weighted by molar-refractivity contribution is 6.34. The number of carbonyl (C=O) groups is 2. The van der Waals surface area contributed by atoms with Gasteiger partial charge in [0.1, 0.15) is 5.69 Å². The van der Waals surface area contributed by atoms with Gasteiger partial charge in [0.25, 0.3) is 5.91 Å². The maximum absolute atomic E-state index is 12.7. The van der Waals surface area contributed by atoms with E-state index in [1.807, 2.05) is 32.0 Å². The van der Waals surface area contributed by atoms with Crippen molar-refractivity contribution in [2.24, 2.45) is 0 Å².